The zero-order valence-electron chi connectivity index (χ0n) is 12.6. The molecule has 0 spiro atoms. The highest BCUT2D eigenvalue weighted by molar-refractivity contribution is 5.66. The fraction of sp³-hybridized carbons (Fsp3) is 0.118. The van der Waals surface area contributed by atoms with Crippen molar-refractivity contribution in [2.24, 2.45) is 11.5 Å². The number of hydrogen-bond acceptors (Lipinski definition) is 5. The van der Waals surface area contributed by atoms with Crippen LogP contribution in [0, 0.1) is 11.3 Å². The smallest absolute Gasteiger partial charge is 0.0998 e. The second-order valence-electron chi connectivity index (χ2n) is 5.05. The van der Waals surface area contributed by atoms with Crippen molar-refractivity contribution in [3.63, 3.8) is 0 Å². The molecule has 0 unspecified atom stereocenters. The van der Waals surface area contributed by atoms with Gasteiger partial charge < -0.3 is 11.5 Å². The average molecular weight is 306 g/mol. The van der Waals surface area contributed by atoms with Crippen LogP contribution < -0.4 is 11.5 Å². The van der Waals surface area contributed by atoms with E-state index in [0.717, 1.165) is 11.1 Å². The third-order valence-corrected chi connectivity index (χ3v) is 3.12. The maximum atomic E-state index is 9.21. The maximum absolute atomic E-state index is 9.21. The molecule has 0 atom stereocenters. The number of allylic oxidation sites excluding steroid dienone is 3. The van der Waals surface area contributed by atoms with Gasteiger partial charge in [-0.2, -0.15) is 20.7 Å². The van der Waals surface area contributed by atoms with Crippen LogP contribution in [0.25, 0.3) is 6.08 Å². The summed E-state index contributed by atoms with van der Waals surface area (Å²) in [6.45, 7) is 0. The van der Waals surface area contributed by atoms with Crippen LogP contribution in [0.1, 0.15) is 12.0 Å². The number of benzene rings is 1. The number of nitrogens with one attached hydrogen (secondary N) is 1. The summed E-state index contributed by atoms with van der Waals surface area (Å²) in [4.78, 5) is 0. The van der Waals surface area contributed by atoms with Crippen LogP contribution in [0.3, 0.4) is 0 Å². The van der Waals surface area contributed by atoms with E-state index in [4.69, 9.17) is 11.5 Å². The second kappa shape index (κ2) is 7.84. The predicted octanol–water partition coefficient (Wildman–Crippen LogP) is 1.90. The van der Waals surface area contributed by atoms with Gasteiger partial charge in [0.2, 0.25) is 0 Å². The Labute approximate surface area is 134 Å². The summed E-state index contributed by atoms with van der Waals surface area (Å²) in [6, 6.07) is 12.0. The van der Waals surface area contributed by atoms with Gasteiger partial charge in [-0.15, -0.1) is 0 Å². The minimum atomic E-state index is -0.795. The Morgan fingerprint density at radius 2 is 1.91 bits per heavy atom. The van der Waals surface area contributed by atoms with Crippen molar-refractivity contribution in [1.29, 1.82) is 5.26 Å². The number of aromatic amines is 1. The van der Waals surface area contributed by atoms with Crippen molar-refractivity contribution in [3.05, 3.63) is 77.7 Å². The molecule has 0 amide bonds. The van der Waals surface area contributed by atoms with E-state index < -0.39 is 5.66 Å². The molecule has 5 N–H and O–H groups in total. The monoisotopic (exact) mass is 306 g/mol. The molecule has 1 aliphatic rings. The van der Waals surface area contributed by atoms with Gasteiger partial charge in [0.15, 0.2) is 0 Å². The van der Waals surface area contributed by atoms with E-state index in [2.05, 4.69) is 21.5 Å². The lowest BCUT2D eigenvalue weighted by Gasteiger charge is -2.22. The van der Waals surface area contributed by atoms with Crippen LogP contribution in [0.4, 0.5) is 0 Å². The van der Waals surface area contributed by atoms with E-state index in [1.165, 1.54) is 0 Å². The zero-order chi connectivity index (χ0) is 16.5. The minimum absolute atomic E-state index is 0.534. The molecule has 0 bridgehead atoms. The third kappa shape index (κ3) is 5.36. The summed E-state index contributed by atoms with van der Waals surface area (Å²) in [5.74, 6) is 0. The molecule has 0 saturated carbocycles. The highest BCUT2D eigenvalue weighted by Crippen LogP contribution is 2.21. The molecule has 23 heavy (non-hydrogen) atoms. The normalized spacial score (nSPS) is 15.9. The molecule has 1 aromatic carbocycles. The molecule has 116 valence electrons. The molecule has 6 nitrogen and oxygen atoms in total. The van der Waals surface area contributed by atoms with Crippen LogP contribution in [-0.2, 0) is 0 Å². The summed E-state index contributed by atoms with van der Waals surface area (Å²) in [7, 11) is 0. The highest BCUT2D eigenvalue weighted by atomic mass is 15.3. The van der Waals surface area contributed by atoms with Crippen LogP contribution in [0.15, 0.2) is 72.1 Å². The standard InChI is InChI=1S/C15H15N3.C2H3N3/c16-11-14(10-12-4-2-1-3-5-12)13-6-8-15(17,18)9-7-13;1-2-4-5-3-1/h1-8,10H,9,17-18H2;1-2H,(H,3,4,5). The first-order valence-electron chi connectivity index (χ1n) is 7.05. The van der Waals surface area contributed by atoms with Gasteiger partial charge in [0, 0.05) is 6.42 Å². The first-order valence-corrected chi connectivity index (χ1v) is 7.05. The Kier molecular flexibility index (Phi) is 5.58. The van der Waals surface area contributed by atoms with Gasteiger partial charge in [-0.05, 0) is 23.3 Å². The van der Waals surface area contributed by atoms with E-state index >= 15 is 0 Å². The molecular formula is C17H18N6. The Hall–Kier alpha value is -3.01. The van der Waals surface area contributed by atoms with E-state index in [1.54, 1.807) is 18.5 Å². The molecule has 0 radical (unpaired) electrons. The minimum Gasteiger partial charge on any atom is -0.310 e. The Morgan fingerprint density at radius 3 is 2.39 bits per heavy atom. The van der Waals surface area contributed by atoms with Gasteiger partial charge in [0.25, 0.3) is 0 Å². The van der Waals surface area contributed by atoms with E-state index in [-0.39, 0.29) is 0 Å². The first kappa shape index (κ1) is 16.4. The molecule has 0 saturated heterocycles. The Morgan fingerprint density at radius 1 is 1.22 bits per heavy atom. The zero-order valence-corrected chi connectivity index (χ0v) is 12.6. The van der Waals surface area contributed by atoms with Crippen molar-refractivity contribution in [3.8, 4) is 6.07 Å². The van der Waals surface area contributed by atoms with Crippen molar-refractivity contribution >= 4 is 6.08 Å². The molecule has 0 aliphatic heterocycles. The van der Waals surface area contributed by atoms with E-state index in [0.29, 0.717) is 12.0 Å². The summed E-state index contributed by atoms with van der Waals surface area (Å²) >= 11 is 0. The summed E-state index contributed by atoms with van der Waals surface area (Å²) < 4.78 is 0. The van der Waals surface area contributed by atoms with Gasteiger partial charge in [-0.1, -0.05) is 42.5 Å². The number of nitrogens with zero attached hydrogens (tertiary/aromatic N) is 3. The predicted molar refractivity (Wildman–Crippen MR) is 89.4 cm³/mol. The van der Waals surface area contributed by atoms with E-state index in [1.807, 2.05) is 48.6 Å². The first-order chi connectivity index (χ1) is 11.1. The molecule has 1 aromatic heterocycles. The molecule has 3 rings (SSSR count). The number of nitriles is 1. The molecule has 0 fully saturated rings. The molecule has 6 heteroatoms. The highest BCUT2D eigenvalue weighted by Gasteiger charge is 2.18. The van der Waals surface area contributed by atoms with Crippen LogP contribution >= 0.6 is 0 Å². The topological polar surface area (TPSA) is 117 Å². The lowest BCUT2D eigenvalue weighted by Crippen LogP contribution is -2.47. The number of rotatable bonds is 2. The summed E-state index contributed by atoms with van der Waals surface area (Å²) in [6.07, 6.45) is 11.0. The Balaban J connectivity index is 0.000000326. The van der Waals surface area contributed by atoms with Crippen LogP contribution in [-0.4, -0.2) is 21.1 Å². The van der Waals surface area contributed by atoms with Crippen molar-refractivity contribution < 1.29 is 0 Å². The average Bonchev–Trinajstić information content (AvgIpc) is 3.14. The number of H-pyrrole nitrogens is 1. The van der Waals surface area contributed by atoms with Crippen LogP contribution in [0.5, 0.6) is 0 Å². The van der Waals surface area contributed by atoms with Gasteiger partial charge >= 0.3 is 0 Å². The molecule has 1 heterocycles. The number of aromatic nitrogens is 3. The largest absolute Gasteiger partial charge is 0.310 e. The van der Waals surface area contributed by atoms with E-state index in [9.17, 15) is 5.26 Å². The fourth-order valence-corrected chi connectivity index (χ4v) is 1.93. The van der Waals surface area contributed by atoms with Crippen LogP contribution in [0.2, 0.25) is 0 Å². The van der Waals surface area contributed by atoms with Crippen molar-refractivity contribution in [1.82, 2.24) is 15.4 Å². The van der Waals surface area contributed by atoms with Gasteiger partial charge in [0.1, 0.15) is 0 Å². The van der Waals surface area contributed by atoms with Gasteiger partial charge in [-0.3, -0.25) is 0 Å². The lowest BCUT2D eigenvalue weighted by molar-refractivity contribution is 0.555. The summed E-state index contributed by atoms with van der Waals surface area (Å²) in [5, 5.41) is 18.5. The van der Waals surface area contributed by atoms with Crippen molar-refractivity contribution in [2.75, 3.05) is 0 Å². The molecule has 1 aliphatic carbocycles. The second-order valence-corrected chi connectivity index (χ2v) is 5.05. The number of hydrogen-bond donors (Lipinski definition) is 3. The maximum Gasteiger partial charge on any atom is 0.0998 e. The Bertz CT molecular complexity index is 716. The van der Waals surface area contributed by atoms with Gasteiger partial charge in [-0.25, -0.2) is 0 Å². The SMILES string of the molecule is N#CC(=Cc1ccccc1)C1=CCC(N)(N)C=C1.c1cn[nH]n1. The summed E-state index contributed by atoms with van der Waals surface area (Å²) in [5.41, 5.74) is 13.2. The third-order valence-electron chi connectivity index (χ3n) is 3.12. The molecule has 2 aromatic rings. The number of nitrogens with two attached hydrogens (primary N) is 2. The molecular weight excluding hydrogens is 288 g/mol. The fourth-order valence-electron chi connectivity index (χ4n) is 1.93. The van der Waals surface area contributed by atoms with Crippen molar-refractivity contribution in [2.45, 2.75) is 12.1 Å². The lowest BCUT2D eigenvalue weighted by atomic mass is 9.93. The van der Waals surface area contributed by atoms with Gasteiger partial charge in [0.05, 0.1) is 29.7 Å². The quantitative estimate of drug-likeness (QED) is 0.578.